The van der Waals surface area contributed by atoms with Gasteiger partial charge < -0.3 is 0 Å². The molecule has 3 heteroatoms. The van der Waals surface area contributed by atoms with E-state index in [1.807, 2.05) is 0 Å². The SMILES string of the molecule is N#CC1(C#N)[C@H]2CCCC[C@]21C1=CC(=O)CC1. The molecule has 3 rings (SSSR count). The maximum absolute atomic E-state index is 11.4. The lowest BCUT2D eigenvalue weighted by atomic mass is 9.79. The average molecular weight is 226 g/mol. The van der Waals surface area contributed by atoms with Crippen molar-refractivity contribution in [2.24, 2.45) is 16.7 Å². The largest absolute Gasteiger partial charge is 0.295 e. The number of fused-ring (bicyclic) bond motifs is 1. The molecule has 0 saturated heterocycles. The molecule has 86 valence electrons. The molecule has 0 amide bonds. The molecule has 3 nitrogen and oxygen atoms in total. The summed E-state index contributed by atoms with van der Waals surface area (Å²) in [4.78, 5) is 11.4. The summed E-state index contributed by atoms with van der Waals surface area (Å²) in [6.45, 7) is 0. The Morgan fingerprint density at radius 1 is 1.24 bits per heavy atom. The van der Waals surface area contributed by atoms with Gasteiger partial charge in [0.1, 0.15) is 0 Å². The second-order valence-corrected chi connectivity index (χ2v) is 5.44. The molecule has 3 aliphatic carbocycles. The molecule has 0 heterocycles. The molecule has 0 aliphatic heterocycles. The molecule has 0 aromatic rings. The molecule has 0 spiro atoms. The lowest BCUT2D eigenvalue weighted by Crippen LogP contribution is -2.15. The first-order valence-corrected chi connectivity index (χ1v) is 6.27. The molecule has 2 saturated carbocycles. The number of nitriles is 2. The standard InChI is InChI=1S/C14H14N2O/c15-8-13(9-16)12-3-1-2-6-14(12,13)10-4-5-11(17)7-10/h7,12H,1-6H2/t12-,14+/m1/s1. The number of rotatable bonds is 1. The molecule has 0 aromatic carbocycles. The fourth-order valence-electron chi connectivity index (χ4n) is 4.17. The van der Waals surface area contributed by atoms with Gasteiger partial charge in [-0.3, -0.25) is 4.79 Å². The molecule has 2 atom stereocenters. The van der Waals surface area contributed by atoms with E-state index in [9.17, 15) is 15.3 Å². The number of allylic oxidation sites excluding steroid dienone is 2. The van der Waals surface area contributed by atoms with Crippen molar-refractivity contribution in [1.82, 2.24) is 0 Å². The molecule has 3 aliphatic rings. The quantitative estimate of drug-likeness (QED) is 0.690. The molecule has 0 aromatic heterocycles. The Labute approximate surface area is 101 Å². The van der Waals surface area contributed by atoms with Crippen LogP contribution in [0.5, 0.6) is 0 Å². The number of carbonyl (C=O) groups excluding carboxylic acids is 1. The molecule has 2 fully saturated rings. The molecule has 0 radical (unpaired) electrons. The third kappa shape index (κ3) is 1.03. The van der Waals surface area contributed by atoms with Gasteiger partial charge in [0.2, 0.25) is 0 Å². The van der Waals surface area contributed by atoms with Crippen molar-refractivity contribution in [2.45, 2.75) is 38.5 Å². The van der Waals surface area contributed by atoms with Gasteiger partial charge in [0.25, 0.3) is 0 Å². The van der Waals surface area contributed by atoms with Crippen LogP contribution in [0.2, 0.25) is 0 Å². The van der Waals surface area contributed by atoms with Crippen LogP contribution in [0.25, 0.3) is 0 Å². The van der Waals surface area contributed by atoms with Crippen molar-refractivity contribution in [3.05, 3.63) is 11.6 Å². The summed E-state index contributed by atoms with van der Waals surface area (Å²) in [5.74, 6) is 0.339. The molecule has 0 N–H and O–H groups in total. The van der Waals surface area contributed by atoms with Crippen molar-refractivity contribution in [3.63, 3.8) is 0 Å². The third-order valence-corrected chi connectivity index (χ3v) is 4.95. The van der Waals surface area contributed by atoms with Crippen LogP contribution in [0.1, 0.15) is 38.5 Å². The van der Waals surface area contributed by atoms with E-state index in [0.29, 0.717) is 6.42 Å². The number of hydrogen-bond acceptors (Lipinski definition) is 3. The van der Waals surface area contributed by atoms with Crippen LogP contribution in [0.15, 0.2) is 11.6 Å². The van der Waals surface area contributed by atoms with E-state index in [4.69, 9.17) is 0 Å². The van der Waals surface area contributed by atoms with Gasteiger partial charge in [-0.15, -0.1) is 0 Å². The highest BCUT2D eigenvalue weighted by molar-refractivity contribution is 5.93. The van der Waals surface area contributed by atoms with Crippen LogP contribution >= 0.6 is 0 Å². The van der Waals surface area contributed by atoms with Gasteiger partial charge in [0.15, 0.2) is 11.2 Å². The van der Waals surface area contributed by atoms with Crippen molar-refractivity contribution in [3.8, 4) is 12.1 Å². The first kappa shape index (κ1) is 10.5. The van der Waals surface area contributed by atoms with Gasteiger partial charge in [0.05, 0.1) is 12.1 Å². The fraction of sp³-hybridized carbons (Fsp3) is 0.643. The van der Waals surface area contributed by atoms with Crippen LogP contribution in [0, 0.1) is 39.4 Å². The highest BCUT2D eigenvalue weighted by Crippen LogP contribution is 2.78. The maximum atomic E-state index is 11.4. The zero-order chi connectivity index (χ0) is 12.1. The van der Waals surface area contributed by atoms with Crippen LogP contribution in [-0.4, -0.2) is 5.78 Å². The minimum Gasteiger partial charge on any atom is -0.295 e. The van der Waals surface area contributed by atoms with Crippen molar-refractivity contribution >= 4 is 5.78 Å². The van der Waals surface area contributed by atoms with Gasteiger partial charge in [-0.2, -0.15) is 10.5 Å². The summed E-state index contributed by atoms with van der Waals surface area (Å²) >= 11 is 0. The van der Waals surface area contributed by atoms with E-state index < -0.39 is 5.41 Å². The van der Waals surface area contributed by atoms with Crippen molar-refractivity contribution < 1.29 is 4.79 Å². The molecule has 0 bridgehead atoms. The zero-order valence-corrected chi connectivity index (χ0v) is 9.70. The highest BCUT2D eigenvalue weighted by atomic mass is 16.1. The van der Waals surface area contributed by atoms with Crippen LogP contribution in [0.3, 0.4) is 0 Å². The summed E-state index contributed by atoms with van der Waals surface area (Å²) in [7, 11) is 0. The zero-order valence-electron chi connectivity index (χ0n) is 9.70. The smallest absolute Gasteiger partial charge is 0.157 e. The van der Waals surface area contributed by atoms with Gasteiger partial charge in [0, 0.05) is 17.8 Å². The summed E-state index contributed by atoms with van der Waals surface area (Å²) < 4.78 is 0. The number of hydrogen-bond donors (Lipinski definition) is 0. The minimum atomic E-state index is -0.833. The number of carbonyl (C=O) groups is 1. The summed E-state index contributed by atoms with van der Waals surface area (Å²) in [5, 5.41) is 18.8. The monoisotopic (exact) mass is 226 g/mol. The van der Waals surface area contributed by atoms with Crippen molar-refractivity contribution in [2.75, 3.05) is 0 Å². The Balaban J connectivity index is 2.07. The lowest BCUT2D eigenvalue weighted by Gasteiger charge is -2.23. The Morgan fingerprint density at radius 3 is 2.59 bits per heavy atom. The van der Waals surface area contributed by atoms with E-state index in [1.165, 1.54) is 0 Å². The average Bonchev–Trinajstić information content (AvgIpc) is 2.73. The summed E-state index contributed by atoms with van der Waals surface area (Å²) in [6.07, 6.45) is 7.11. The number of nitrogens with zero attached hydrogens (tertiary/aromatic N) is 2. The third-order valence-electron chi connectivity index (χ3n) is 4.95. The second-order valence-electron chi connectivity index (χ2n) is 5.44. The van der Waals surface area contributed by atoms with Crippen molar-refractivity contribution in [1.29, 1.82) is 10.5 Å². The minimum absolute atomic E-state index is 0.162. The highest BCUT2D eigenvalue weighted by Gasteiger charge is 2.79. The Bertz CT molecular complexity index is 491. The van der Waals surface area contributed by atoms with E-state index in [0.717, 1.165) is 37.7 Å². The topological polar surface area (TPSA) is 64.7 Å². The van der Waals surface area contributed by atoms with E-state index in [1.54, 1.807) is 6.08 Å². The van der Waals surface area contributed by atoms with Crippen LogP contribution < -0.4 is 0 Å². The Kier molecular flexibility index (Phi) is 1.98. The normalized spacial score (nSPS) is 37.6. The Hall–Kier alpha value is -1.61. The first-order chi connectivity index (χ1) is 8.21. The summed E-state index contributed by atoms with van der Waals surface area (Å²) in [5.41, 5.74) is -0.00350. The van der Waals surface area contributed by atoms with Gasteiger partial charge in [-0.05, 0) is 25.3 Å². The van der Waals surface area contributed by atoms with E-state index >= 15 is 0 Å². The van der Waals surface area contributed by atoms with Crippen LogP contribution in [-0.2, 0) is 4.79 Å². The maximum Gasteiger partial charge on any atom is 0.157 e. The van der Waals surface area contributed by atoms with Crippen LogP contribution in [0.4, 0.5) is 0 Å². The molecule has 0 unspecified atom stereocenters. The van der Waals surface area contributed by atoms with E-state index in [2.05, 4.69) is 12.1 Å². The van der Waals surface area contributed by atoms with E-state index in [-0.39, 0.29) is 17.1 Å². The predicted molar refractivity (Wildman–Crippen MR) is 60.4 cm³/mol. The predicted octanol–water partition coefficient (Wildman–Crippen LogP) is 2.50. The molecular formula is C14H14N2O. The summed E-state index contributed by atoms with van der Waals surface area (Å²) in [6, 6.07) is 4.53. The number of ketones is 1. The molecular weight excluding hydrogens is 212 g/mol. The van der Waals surface area contributed by atoms with Gasteiger partial charge in [-0.25, -0.2) is 0 Å². The first-order valence-electron chi connectivity index (χ1n) is 6.27. The van der Waals surface area contributed by atoms with Gasteiger partial charge >= 0.3 is 0 Å². The second kappa shape index (κ2) is 3.20. The molecule has 17 heavy (non-hydrogen) atoms. The van der Waals surface area contributed by atoms with Gasteiger partial charge in [-0.1, -0.05) is 18.4 Å². The fourth-order valence-corrected chi connectivity index (χ4v) is 4.17. The lowest BCUT2D eigenvalue weighted by molar-refractivity contribution is -0.114. The Morgan fingerprint density at radius 2 is 2.00 bits per heavy atom.